The van der Waals surface area contributed by atoms with Crippen molar-refractivity contribution in [1.29, 1.82) is 0 Å². The van der Waals surface area contributed by atoms with Crippen LogP contribution < -0.4 is 9.62 Å². The molecule has 1 aliphatic heterocycles. The van der Waals surface area contributed by atoms with Crippen molar-refractivity contribution in [2.24, 2.45) is 0 Å². The second-order valence-electron chi connectivity index (χ2n) is 6.18. The van der Waals surface area contributed by atoms with Crippen LogP contribution in [0, 0.1) is 0 Å². The normalized spacial score (nSPS) is 13.8. The van der Waals surface area contributed by atoms with Crippen LogP contribution in [0.25, 0.3) is 10.2 Å². The number of thiophene rings is 1. The van der Waals surface area contributed by atoms with Gasteiger partial charge in [-0.3, -0.25) is 14.3 Å². The van der Waals surface area contributed by atoms with Crippen molar-refractivity contribution in [3.63, 3.8) is 0 Å². The van der Waals surface area contributed by atoms with Crippen molar-refractivity contribution >= 4 is 77.3 Å². The lowest BCUT2D eigenvalue weighted by Gasteiger charge is -2.12. The summed E-state index contributed by atoms with van der Waals surface area (Å²) in [6.07, 6.45) is 1.45. The molecule has 4 aromatic rings. The molecular weight excluding hydrogens is 468 g/mol. The summed E-state index contributed by atoms with van der Waals surface area (Å²) < 4.78 is 28.4. The van der Waals surface area contributed by atoms with Crippen LogP contribution >= 0.6 is 34.3 Å². The first-order valence-electron chi connectivity index (χ1n) is 8.36. The number of aromatic nitrogens is 2. The van der Waals surface area contributed by atoms with Crippen LogP contribution in [0.4, 0.5) is 10.9 Å². The van der Waals surface area contributed by atoms with Gasteiger partial charge in [0.15, 0.2) is 5.13 Å². The Bertz CT molecular complexity index is 1430. The Morgan fingerprint density at radius 1 is 1.00 bits per heavy atom. The van der Waals surface area contributed by atoms with E-state index in [1.54, 1.807) is 24.3 Å². The molecule has 1 aliphatic rings. The third-order valence-corrected chi connectivity index (χ3v) is 8.43. The van der Waals surface area contributed by atoms with Crippen LogP contribution in [0.3, 0.4) is 0 Å². The number of halogens is 1. The summed E-state index contributed by atoms with van der Waals surface area (Å²) in [6.45, 7) is 0. The molecule has 30 heavy (non-hydrogen) atoms. The molecule has 0 unspecified atom stereocenters. The average Bonchev–Trinajstić information content (AvgIpc) is 3.38. The lowest BCUT2D eigenvalue weighted by molar-refractivity contribution is 0.0925. The summed E-state index contributed by atoms with van der Waals surface area (Å²) >= 11 is 7.83. The third kappa shape index (κ3) is 3.06. The van der Waals surface area contributed by atoms with E-state index in [2.05, 4.69) is 14.7 Å². The van der Waals surface area contributed by atoms with Gasteiger partial charge < -0.3 is 0 Å². The lowest BCUT2D eigenvalue weighted by Crippen LogP contribution is -2.30. The Kier molecular flexibility index (Phi) is 4.36. The minimum absolute atomic E-state index is 0.0663. The molecule has 12 heteroatoms. The number of nitrogens with one attached hydrogen (secondary N) is 1. The van der Waals surface area contributed by atoms with E-state index in [1.807, 2.05) is 0 Å². The largest absolute Gasteiger partial charge is 0.273 e. The number of amides is 2. The maximum atomic E-state index is 12.6. The maximum Gasteiger partial charge on any atom is 0.273 e. The number of anilines is 2. The highest BCUT2D eigenvalue weighted by Gasteiger charge is 2.37. The van der Waals surface area contributed by atoms with E-state index in [0.717, 1.165) is 27.6 Å². The molecular formula is C18H9ClN4O4S3. The van der Waals surface area contributed by atoms with Crippen LogP contribution in [0.5, 0.6) is 0 Å². The fourth-order valence-corrected chi connectivity index (χ4v) is 6.53. The molecule has 0 aliphatic carbocycles. The average molecular weight is 477 g/mol. The second kappa shape index (κ2) is 6.84. The van der Waals surface area contributed by atoms with Crippen LogP contribution in [0.1, 0.15) is 20.7 Å². The molecule has 0 bridgehead atoms. The monoisotopic (exact) mass is 476 g/mol. The second-order valence-corrected chi connectivity index (χ2v) is 10.8. The molecule has 4 heterocycles. The first-order valence-corrected chi connectivity index (χ1v) is 11.9. The Balaban J connectivity index is 1.48. The molecule has 0 saturated carbocycles. The number of pyridine rings is 1. The van der Waals surface area contributed by atoms with E-state index in [1.165, 1.54) is 24.4 Å². The van der Waals surface area contributed by atoms with Crippen LogP contribution in [0.2, 0.25) is 4.34 Å². The highest BCUT2D eigenvalue weighted by molar-refractivity contribution is 7.95. The Morgan fingerprint density at radius 3 is 2.33 bits per heavy atom. The number of hydrogen-bond acceptors (Lipinski definition) is 8. The van der Waals surface area contributed by atoms with E-state index < -0.39 is 21.8 Å². The van der Waals surface area contributed by atoms with Gasteiger partial charge in [-0.05, 0) is 24.3 Å². The fourth-order valence-electron chi connectivity index (χ4n) is 2.99. The van der Waals surface area contributed by atoms with Gasteiger partial charge in [0.2, 0.25) is 0 Å². The molecule has 2 amide bonds. The Hall–Kier alpha value is -2.86. The van der Waals surface area contributed by atoms with Crippen molar-refractivity contribution in [3.05, 3.63) is 64.1 Å². The first kappa shape index (κ1) is 19.1. The number of rotatable bonds is 4. The number of hydrogen-bond donors (Lipinski definition) is 1. The van der Waals surface area contributed by atoms with Crippen molar-refractivity contribution in [2.75, 3.05) is 9.62 Å². The van der Waals surface area contributed by atoms with E-state index in [0.29, 0.717) is 25.7 Å². The minimum Gasteiger partial charge on any atom is -0.268 e. The van der Waals surface area contributed by atoms with Crippen molar-refractivity contribution in [1.82, 2.24) is 9.97 Å². The molecule has 0 fully saturated rings. The van der Waals surface area contributed by atoms with Crippen LogP contribution in [0.15, 0.2) is 52.9 Å². The zero-order chi connectivity index (χ0) is 21.0. The summed E-state index contributed by atoms with van der Waals surface area (Å²) in [5.74, 6) is -0.806. The zero-order valence-corrected chi connectivity index (χ0v) is 17.9. The zero-order valence-electron chi connectivity index (χ0n) is 14.7. The lowest BCUT2D eigenvalue weighted by atomic mass is 10.1. The smallest absolute Gasteiger partial charge is 0.268 e. The van der Waals surface area contributed by atoms with Crippen molar-refractivity contribution < 1.29 is 18.0 Å². The third-order valence-electron chi connectivity index (χ3n) is 4.32. The molecule has 8 nitrogen and oxygen atoms in total. The predicted octanol–water partition coefficient (Wildman–Crippen LogP) is 4.01. The molecule has 0 atom stereocenters. The number of imide groups is 1. The topological polar surface area (TPSA) is 109 Å². The number of benzene rings is 1. The van der Waals surface area contributed by atoms with Crippen molar-refractivity contribution in [3.8, 4) is 0 Å². The number of sulfonamides is 1. The highest BCUT2D eigenvalue weighted by Crippen LogP contribution is 2.33. The van der Waals surface area contributed by atoms with Gasteiger partial charge in [-0.25, -0.2) is 23.3 Å². The summed E-state index contributed by atoms with van der Waals surface area (Å²) in [4.78, 5) is 34.7. The van der Waals surface area contributed by atoms with E-state index >= 15 is 0 Å². The van der Waals surface area contributed by atoms with Gasteiger partial charge >= 0.3 is 0 Å². The van der Waals surface area contributed by atoms with Gasteiger partial charge in [0.1, 0.15) is 10.0 Å². The molecule has 0 saturated heterocycles. The molecule has 0 radical (unpaired) electrons. The molecule has 1 N–H and O–H groups in total. The van der Waals surface area contributed by atoms with Gasteiger partial charge in [0.05, 0.1) is 25.7 Å². The van der Waals surface area contributed by atoms with Crippen LogP contribution in [-0.2, 0) is 10.0 Å². The fraction of sp³-hybridized carbons (Fsp3) is 0. The summed E-state index contributed by atoms with van der Waals surface area (Å²) in [7, 11) is -3.83. The maximum absolute atomic E-state index is 12.6. The molecule has 3 aromatic heterocycles. The number of fused-ring (bicyclic) bond motifs is 2. The molecule has 150 valence electrons. The number of carbonyl (C=O) groups excluding carboxylic acids is 2. The number of thiazole rings is 1. The summed E-state index contributed by atoms with van der Waals surface area (Å²) in [6, 6.07) is 10.9. The quantitative estimate of drug-likeness (QED) is 0.446. The van der Waals surface area contributed by atoms with Gasteiger partial charge in [0.25, 0.3) is 21.8 Å². The predicted molar refractivity (Wildman–Crippen MR) is 115 cm³/mol. The van der Waals surface area contributed by atoms with Gasteiger partial charge in [0, 0.05) is 12.3 Å². The Morgan fingerprint density at radius 2 is 1.70 bits per heavy atom. The standard InChI is InChI=1S/C18H9ClN4O4S3/c19-13-5-6-15(29-13)30(26,27)22-18-21-11-7-14(20-8-12(11)28-18)23-16(24)9-3-1-2-4-10(9)17(23)25/h1-8H,(H,21,22). The van der Waals surface area contributed by atoms with Gasteiger partial charge in [-0.15, -0.1) is 11.3 Å². The van der Waals surface area contributed by atoms with Gasteiger partial charge in [-0.2, -0.15) is 0 Å². The summed E-state index contributed by atoms with van der Waals surface area (Å²) in [5, 5.41) is 0.135. The van der Waals surface area contributed by atoms with Crippen LogP contribution in [-0.4, -0.2) is 30.2 Å². The highest BCUT2D eigenvalue weighted by atomic mass is 35.5. The van der Waals surface area contributed by atoms with Gasteiger partial charge in [-0.1, -0.05) is 35.1 Å². The SMILES string of the molecule is O=C1c2ccccc2C(=O)N1c1cc2nc(NS(=O)(=O)c3ccc(Cl)s3)sc2cn1. The number of nitrogens with zero attached hydrogens (tertiary/aromatic N) is 3. The van der Waals surface area contributed by atoms with E-state index in [4.69, 9.17) is 11.6 Å². The summed E-state index contributed by atoms with van der Waals surface area (Å²) in [5.41, 5.74) is 1.03. The van der Waals surface area contributed by atoms with Crippen molar-refractivity contribution in [2.45, 2.75) is 4.21 Å². The minimum atomic E-state index is -3.83. The Labute approximate surface area is 182 Å². The number of carbonyl (C=O) groups is 2. The van der Waals surface area contributed by atoms with E-state index in [9.17, 15) is 18.0 Å². The van der Waals surface area contributed by atoms with E-state index in [-0.39, 0.29) is 15.2 Å². The molecule has 5 rings (SSSR count). The molecule has 0 spiro atoms. The molecule has 1 aromatic carbocycles. The first-order chi connectivity index (χ1) is 14.3.